The molecule has 342 valence electrons. The molecule has 57 heavy (non-hydrogen) atoms. The summed E-state index contributed by atoms with van der Waals surface area (Å²) in [6, 6.07) is -0.793. The van der Waals surface area contributed by atoms with Crippen molar-refractivity contribution in [3.63, 3.8) is 0 Å². The van der Waals surface area contributed by atoms with E-state index in [1.807, 2.05) is 21.1 Å². The predicted octanol–water partition coefficient (Wildman–Crippen LogP) is 13.5. The molecule has 2 N–H and O–H groups in total. The van der Waals surface area contributed by atoms with Crippen LogP contribution in [-0.2, 0) is 18.4 Å². The van der Waals surface area contributed by atoms with Crippen LogP contribution in [0.3, 0.4) is 0 Å². The first-order chi connectivity index (χ1) is 27.5. The van der Waals surface area contributed by atoms with Gasteiger partial charge in [-0.2, -0.15) is 0 Å². The summed E-state index contributed by atoms with van der Waals surface area (Å²) in [7, 11) is 1.32. The number of hydrogen-bond donors (Lipinski definition) is 2. The minimum Gasteiger partial charge on any atom is -0.756 e. The Kier molecular flexibility index (Phi) is 40.5. The Morgan fingerprint density at radius 2 is 0.860 bits per heavy atom. The molecule has 9 heteroatoms. The number of aliphatic hydroxyl groups is 1. The van der Waals surface area contributed by atoms with Gasteiger partial charge in [-0.25, -0.2) is 0 Å². The number of aliphatic hydroxyl groups excluding tert-OH is 1. The smallest absolute Gasteiger partial charge is 0.268 e. The van der Waals surface area contributed by atoms with Crippen molar-refractivity contribution in [2.24, 2.45) is 0 Å². The van der Waals surface area contributed by atoms with E-state index in [0.29, 0.717) is 23.9 Å². The Labute approximate surface area is 355 Å². The lowest BCUT2D eigenvalue weighted by Gasteiger charge is -2.30. The third kappa shape index (κ3) is 43.4. The van der Waals surface area contributed by atoms with Gasteiger partial charge in [0.05, 0.1) is 39.9 Å². The monoisotopic (exact) mass is 831 g/mol. The number of phosphoric acid groups is 1. The summed E-state index contributed by atoms with van der Waals surface area (Å²) in [6.07, 6.45) is 45.4. The average molecular weight is 831 g/mol. The Balaban J connectivity index is 4.17. The Hall–Kier alpha value is -0.500. The highest BCUT2D eigenvalue weighted by molar-refractivity contribution is 7.45. The molecular weight excluding hydrogens is 732 g/mol. The zero-order chi connectivity index (χ0) is 42.1. The number of rotatable bonds is 46. The molecule has 0 aromatic rings. The molecule has 0 saturated heterocycles. The molecule has 0 aliphatic heterocycles. The molecule has 0 aliphatic rings. The van der Waals surface area contributed by atoms with Gasteiger partial charge < -0.3 is 28.8 Å². The lowest BCUT2D eigenvalue weighted by molar-refractivity contribution is -0.870. The van der Waals surface area contributed by atoms with Crippen molar-refractivity contribution < 1.29 is 32.9 Å². The highest BCUT2D eigenvalue weighted by Gasteiger charge is 2.24. The number of quaternary nitrogens is 1. The van der Waals surface area contributed by atoms with Crippen molar-refractivity contribution in [2.45, 2.75) is 264 Å². The summed E-state index contributed by atoms with van der Waals surface area (Å²) in [5.41, 5.74) is 0. The SMILES string of the molecule is CCCCCCCCCCCCCCCCCCCCCCCCC(=O)N[C@@H](COP(=O)([O-])OCC[N+](C)(C)C)[C@H](O)CCCCCCCCCCCCCCC. The van der Waals surface area contributed by atoms with Crippen molar-refractivity contribution in [1.82, 2.24) is 5.32 Å². The van der Waals surface area contributed by atoms with Crippen LogP contribution in [0.2, 0.25) is 0 Å². The predicted molar refractivity (Wildman–Crippen MR) is 243 cm³/mol. The summed E-state index contributed by atoms with van der Waals surface area (Å²) in [6.45, 7) is 4.75. The maximum atomic E-state index is 12.9. The van der Waals surface area contributed by atoms with Crippen LogP contribution in [0.4, 0.5) is 0 Å². The molecule has 0 radical (unpaired) electrons. The molecule has 0 saturated carbocycles. The fourth-order valence-corrected chi connectivity index (χ4v) is 8.35. The largest absolute Gasteiger partial charge is 0.756 e. The Bertz CT molecular complexity index is 901. The highest BCUT2D eigenvalue weighted by atomic mass is 31.2. The van der Waals surface area contributed by atoms with Crippen LogP contribution in [0.25, 0.3) is 0 Å². The standard InChI is InChI=1S/C48H99N2O6P/c1-6-8-10-12-14-16-18-20-21-22-23-24-25-26-27-28-30-32-34-36-38-40-42-48(52)49-46(45-56-57(53,54)55-44-43-50(3,4)5)47(51)41-39-37-35-33-31-29-19-17-15-13-11-9-7-2/h46-47,51H,6-45H2,1-5H3,(H-,49,52,53,54)/t46-,47+/m0/s1. The van der Waals surface area contributed by atoms with E-state index in [4.69, 9.17) is 9.05 Å². The van der Waals surface area contributed by atoms with Crippen LogP contribution < -0.4 is 10.2 Å². The number of likely N-dealkylation sites (N-methyl/N-ethyl adjacent to an activating group) is 1. The van der Waals surface area contributed by atoms with Crippen LogP contribution in [0.15, 0.2) is 0 Å². The highest BCUT2D eigenvalue weighted by Crippen LogP contribution is 2.38. The van der Waals surface area contributed by atoms with Crippen molar-refractivity contribution in [2.75, 3.05) is 40.9 Å². The summed E-state index contributed by atoms with van der Waals surface area (Å²) in [5, 5.41) is 13.9. The van der Waals surface area contributed by atoms with E-state index in [9.17, 15) is 19.4 Å². The van der Waals surface area contributed by atoms with Gasteiger partial charge in [-0.15, -0.1) is 0 Å². The summed E-state index contributed by atoms with van der Waals surface area (Å²) < 4.78 is 23.3. The molecular formula is C48H99N2O6P. The second-order valence-electron chi connectivity index (χ2n) is 18.5. The number of amides is 1. The van der Waals surface area contributed by atoms with Gasteiger partial charge in [0.2, 0.25) is 5.91 Å². The normalized spacial score (nSPS) is 14.2. The maximum absolute atomic E-state index is 12.9. The zero-order valence-electron chi connectivity index (χ0n) is 38.8. The van der Waals surface area contributed by atoms with Crippen LogP contribution in [0.1, 0.15) is 251 Å². The van der Waals surface area contributed by atoms with E-state index in [2.05, 4.69) is 19.2 Å². The fourth-order valence-electron chi connectivity index (χ4n) is 7.63. The lowest BCUT2D eigenvalue weighted by Crippen LogP contribution is -2.46. The van der Waals surface area contributed by atoms with Crippen molar-refractivity contribution in [3.05, 3.63) is 0 Å². The van der Waals surface area contributed by atoms with Gasteiger partial charge in [-0.3, -0.25) is 9.36 Å². The Morgan fingerprint density at radius 3 is 1.19 bits per heavy atom. The van der Waals surface area contributed by atoms with Crippen molar-refractivity contribution in [1.29, 1.82) is 0 Å². The lowest BCUT2D eigenvalue weighted by atomic mass is 10.0. The minimum atomic E-state index is -4.56. The van der Waals surface area contributed by atoms with Crippen molar-refractivity contribution in [3.8, 4) is 0 Å². The maximum Gasteiger partial charge on any atom is 0.268 e. The number of carbonyl (C=O) groups excluding carboxylic acids is 1. The van der Waals surface area contributed by atoms with E-state index in [1.54, 1.807) is 0 Å². The fraction of sp³-hybridized carbons (Fsp3) is 0.979. The molecule has 0 aromatic heterocycles. The van der Waals surface area contributed by atoms with E-state index in [0.717, 1.165) is 38.5 Å². The van der Waals surface area contributed by atoms with Gasteiger partial charge in [0.1, 0.15) is 13.2 Å². The average Bonchev–Trinajstić information content (AvgIpc) is 3.16. The summed E-state index contributed by atoms with van der Waals surface area (Å²) >= 11 is 0. The van der Waals surface area contributed by atoms with Crippen LogP contribution in [0, 0.1) is 0 Å². The molecule has 0 aromatic carbocycles. The number of nitrogens with one attached hydrogen (secondary N) is 1. The molecule has 8 nitrogen and oxygen atoms in total. The third-order valence-electron chi connectivity index (χ3n) is 11.6. The van der Waals surface area contributed by atoms with E-state index in [1.165, 1.54) is 186 Å². The molecule has 0 spiro atoms. The van der Waals surface area contributed by atoms with Gasteiger partial charge in [0.25, 0.3) is 7.82 Å². The van der Waals surface area contributed by atoms with Gasteiger partial charge in [0.15, 0.2) is 0 Å². The molecule has 0 bridgehead atoms. The van der Waals surface area contributed by atoms with Crippen LogP contribution in [0.5, 0.6) is 0 Å². The van der Waals surface area contributed by atoms with E-state index in [-0.39, 0.29) is 19.1 Å². The first kappa shape index (κ1) is 56.5. The third-order valence-corrected chi connectivity index (χ3v) is 12.6. The zero-order valence-corrected chi connectivity index (χ0v) is 39.7. The summed E-state index contributed by atoms with van der Waals surface area (Å²) in [4.78, 5) is 25.4. The molecule has 1 amide bonds. The molecule has 0 aliphatic carbocycles. The van der Waals surface area contributed by atoms with Crippen LogP contribution >= 0.6 is 7.82 Å². The van der Waals surface area contributed by atoms with Gasteiger partial charge in [-0.05, 0) is 12.8 Å². The van der Waals surface area contributed by atoms with E-state index < -0.39 is 20.0 Å². The number of unbranched alkanes of at least 4 members (excludes halogenated alkanes) is 33. The molecule has 0 fully saturated rings. The summed E-state index contributed by atoms with van der Waals surface area (Å²) in [5.74, 6) is -0.159. The Morgan fingerprint density at radius 1 is 0.544 bits per heavy atom. The number of phosphoric ester groups is 1. The molecule has 1 unspecified atom stereocenters. The first-order valence-electron chi connectivity index (χ1n) is 24.9. The molecule has 0 heterocycles. The second kappa shape index (κ2) is 40.9. The van der Waals surface area contributed by atoms with Crippen molar-refractivity contribution >= 4 is 13.7 Å². The number of carbonyl (C=O) groups is 1. The number of nitrogens with zero attached hydrogens (tertiary/aromatic N) is 1. The topological polar surface area (TPSA) is 108 Å². The van der Waals surface area contributed by atoms with Gasteiger partial charge in [0, 0.05) is 6.42 Å². The van der Waals surface area contributed by atoms with E-state index >= 15 is 0 Å². The quantitative estimate of drug-likeness (QED) is 0.0359. The first-order valence-corrected chi connectivity index (χ1v) is 26.3. The second-order valence-corrected chi connectivity index (χ2v) is 19.9. The number of hydrogen-bond acceptors (Lipinski definition) is 6. The van der Waals surface area contributed by atoms with Crippen LogP contribution in [-0.4, -0.2) is 68.5 Å². The molecule has 3 atom stereocenters. The molecule has 0 rings (SSSR count). The minimum absolute atomic E-state index is 0.0162. The van der Waals surface area contributed by atoms with Gasteiger partial charge in [-0.1, -0.05) is 232 Å². The van der Waals surface area contributed by atoms with Gasteiger partial charge >= 0.3 is 0 Å².